The lowest BCUT2D eigenvalue weighted by atomic mass is 10.1. The molecular formula is C19H24N2O4S. The molecule has 2 aromatic rings. The zero-order valence-electron chi connectivity index (χ0n) is 15.4. The highest BCUT2D eigenvalue weighted by atomic mass is 32.2. The summed E-state index contributed by atoms with van der Waals surface area (Å²) in [5, 5.41) is 2.78. The van der Waals surface area contributed by atoms with Crippen LogP contribution in [0.4, 0.5) is 11.4 Å². The van der Waals surface area contributed by atoms with Gasteiger partial charge in [-0.2, -0.15) is 0 Å². The van der Waals surface area contributed by atoms with Gasteiger partial charge in [-0.3, -0.25) is 9.10 Å². The van der Waals surface area contributed by atoms with E-state index in [9.17, 15) is 13.2 Å². The van der Waals surface area contributed by atoms with E-state index in [1.165, 1.54) is 4.31 Å². The molecule has 1 amide bonds. The normalized spacial score (nSPS) is 12.3. The highest BCUT2D eigenvalue weighted by Gasteiger charge is 2.31. The third kappa shape index (κ3) is 4.76. The predicted octanol–water partition coefficient (Wildman–Crippen LogP) is 3.19. The molecule has 0 bridgehead atoms. The Morgan fingerprint density at radius 3 is 2.35 bits per heavy atom. The van der Waals surface area contributed by atoms with E-state index in [0.29, 0.717) is 23.5 Å². The first-order valence-corrected chi connectivity index (χ1v) is 10.1. The first-order chi connectivity index (χ1) is 12.3. The lowest BCUT2D eigenvalue weighted by molar-refractivity contribution is -0.117. The van der Waals surface area contributed by atoms with Crippen LogP contribution < -0.4 is 14.4 Å². The summed E-state index contributed by atoms with van der Waals surface area (Å²) in [6.45, 7) is 3.66. The van der Waals surface area contributed by atoms with Crippen LogP contribution in [0.1, 0.15) is 18.9 Å². The van der Waals surface area contributed by atoms with E-state index in [4.69, 9.17) is 4.74 Å². The van der Waals surface area contributed by atoms with Crippen molar-refractivity contribution in [2.75, 3.05) is 23.0 Å². The summed E-state index contributed by atoms with van der Waals surface area (Å²) >= 11 is 0. The van der Waals surface area contributed by atoms with Gasteiger partial charge in [-0.1, -0.05) is 19.1 Å². The monoisotopic (exact) mass is 376 g/mol. The lowest BCUT2D eigenvalue weighted by Gasteiger charge is -2.30. The zero-order chi connectivity index (χ0) is 19.3. The Labute approximate surface area is 154 Å². The molecule has 1 atom stereocenters. The molecule has 0 spiro atoms. The van der Waals surface area contributed by atoms with Crippen LogP contribution in [0, 0.1) is 6.92 Å². The molecule has 2 aromatic carbocycles. The van der Waals surface area contributed by atoms with Gasteiger partial charge in [-0.15, -0.1) is 0 Å². The molecule has 0 saturated heterocycles. The molecular weight excluding hydrogens is 352 g/mol. The third-order valence-electron chi connectivity index (χ3n) is 3.94. The van der Waals surface area contributed by atoms with Crippen molar-refractivity contribution >= 4 is 27.3 Å². The quantitative estimate of drug-likeness (QED) is 0.805. The summed E-state index contributed by atoms with van der Waals surface area (Å²) in [6.07, 6.45) is 1.45. The van der Waals surface area contributed by atoms with E-state index in [2.05, 4.69) is 5.32 Å². The number of sulfonamides is 1. The van der Waals surface area contributed by atoms with Gasteiger partial charge in [0.25, 0.3) is 0 Å². The van der Waals surface area contributed by atoms with Gasteiger partial charge in [0.05, 0.1) is 19.1 Å². The van der Waals surface area contributed by atoms with Crippen molar-refractivity contribution in [2.24, 2.45) is 0 Å². The fourth-order valence-electron chi connectivity index (χ4n) is 2.73. The fraction of sp³-hybridized carbons (Fsp3) is 0.316. The number of aryl methyl sites for hydroxylation is 1. The van der Waals surface area contributed by atoms with Crippen LogP contribution in [0.15, 0.2) is 48.5 Å². The molecule has 0 radical (unpaired) electrons. The van der Waals surface area contributed by atoms with E-state index in [-0.39, 0.29) is 5.91 Å². The van der Waals surface area contributed by atoms with Gasteiger partial charge in [0.2, 0.25) is 15.9 Å². The number of amides is 1. The third-order valence-corrected chi connectivity index (χ3v) is 5.12. The number of ether oxygens (including phenoxy) is 1. The van der Waals surface area contributed by atoms with Gasteiger partial charge < -0.3 is 10.1 Å². The van der Waals surface area contributed by atoms with Crippen molar-refractivity contribution in [1.29, 1.82) is 0 Å². The second-order valence-corrected chi connectivity index (χ2v) is 7.90. The maximum atomic E-state index is 12.8. The van der Waals surface area contributed by atoms with Gasteiger partial charge >= 0.3 is 0 Å². The van der Waals surface area contributed by atoms with Gasteiger partial charge in [-0.05, 0) is 55.3 Å². The minimum absolute atomic E-state index is 0.336. The number of carbonyl (C=O) groups excluding carboxylic acids is 1. The van der Waals surface area contributed by atoms with Crippen LogP contribution >= 0.6 is 0 Å². The maximum absolute atomic E-state index is 12.8. The van der Waals surface area contributed by atoms with Crippen molar-refractivity contribution in [2.45, 2.75) is 26.3 Å². The second kappa shape index (κ2) is 8.23. The van der Waals surface area contributed by atoms with Crippen LogP contribution in [0.3, 0.4) is 0 Å². The summed E-state index contributed by atoms with van der Waals surface area (Å²) in [5.41, 5.74) is 1.97. The Morgan fingerprint density at radius 1 is 1.19 bits per heavy atom. The van der Waals surface area contributed by atoms with Crippen molar-refractivity contribution < 1.29 is 17.9 Å². The average molecular weight is 376 g/mol. The smallest absolute Gasteiger partial charge is 0.248 e. The molecule has 1 N–H and O–H groups in total. The minimum Gasteiger partial charge on any atom is -0.497 e. The average Bonchev–Trinajstić information content (AvgIpc) is 2.58. The van der Waals surface area contributed by atoms with E-state index in [0.717, 1.165) is 11.8 Å². The van der Waals surface area contributed by atoms with E-state index >= 15 is 0 Å². The number of nitrogens with one attached hydrogen (secondary N) is 1. The number of methoxy groups -OCH3 is 1. The number of hydrogen-bond acceptors (Lipinski definition) is 4. The number of hydrogen-bond donors (Lipinski definition) is 1. The standard InChI is InChI=1S/C19H24N2O4S/c1-5-18(19(22)20-15-9-11-17(25-3)12-10-15)21(26(4,23)24)16-8-6-7-14(2)13-16/h6-13,18H,5H2,1-4H3,(H,20,22)/t18-/m1/s1. The molecule has 0 aliphatic heterocycles. The molecule has 0 saturated carbocycles. The van der Waals surface area contributed by atoms with Crippen molar-refractivity contribution in [3.05, 3.63) is 54.1 Å². The molecule has 0 aliphatic carbocycles. The Kier molecular flexibility index (Phi) is 6.26. The molecule has 7 heteroatoms. The maximum Gasteiger partial charge on any atom is 0.248 e. The topological polar surface area (TPSA) is 75.7 Å². The van der Waals surface area contributed by atoms with E-state index < -0.39 is 16.1 Å². The largest absolute Gasteiger partial charge is 0.497 e. The highest BCUT2D eigenvalue weighted by molar-refractivity contribution is 7.92. The summed E-state index contributed by atoms with van der Waals surface area (Å²) in [5.74, 6) is 0.289. The number of carbonyl (C=O) groups is 1. The summed E-state index contributed by atoms with van der Waals surface area (Å²) < 4.78 is 31.1. The molecule has 0 aromatic heterocycles. The Hall–Kier alpha value is -2.54. The molecule has 0 unspecified atom stereocenters. The number of rotatable bonds is 7. The molecule has 6 nitrogen and oxygen atoms in total. The van der Waals surface area contributed by atoms with Crippen LogP contribution in [0.2, 0.25) is 0 Å². The predicted molar refractivity (Wildman–Crippen MR) is 104 cm³/mol. The highest BCUT2D eigenvalue weighted by Crippen LogP contribution is 2.24. The fourth-order valence-corrected chi connectivity index (χ4v) is 3.93. The summed E-state index contributed by atoms with van der Waals surface area (Å²) in [7, 11) is -2.08. The van der Waals surface area contributed by atoms with Crippen LogP contribution in [-0.2, 0) is 14.8 Å². The van der Waals surface area contributed by atoms with Gasteiger partial charge in [0, 0.05) is 5.69 Å². The zero-order valence-corrected chi connectivity index (χ0v) is 16.2. The molecule has 0 fully saturated rings. The molecule has 26 heavy (non-hydrogen) atoms. The minimum atomic E-state index is -3.64. The lowest BCUT2D eigenvalue weighted by Crippen LogP contribution is -2.47. The van der Waals surface area contributed by atoms with E-state index in [1.54, 1.807) is 56.5 Å². The summed E-state index contributed by atoms with van der Waals surface area (Å²) in [6, 6.07) is 13.1. The number of anilines is 2. The summed E-state index contributed by atoms with van der Waals surface area (Å²) in [4.78, 5) is 12.8. The first kappa shape index (κ1) is 19.8. The van der Waals surface area contributed by atoms with Crippen molar-refractivity contribution in [3.63, 3.8) is 0 Å². The van der Waals surface area contributed by atoms with Crippen LogP contribution in [-0.4, -0.2) is 33.7 Å². The number of benzene rings is 2. The van der Waals surface area contributed by atoms with Crippen LogP contribution in [0.25, 0.3) is 0 Å². The molecule has 2 rings (SSSR count). The second-order valence-electron chi connectivity index (χ2n) is 6.04. The van der Waals surface area contributed by atoms with E-state index in [1.807, 2.05) is 13.0 Å². The van der Waals surface area contributed by atoms with Gasteiger partial charge in [-0.25, -0.2) is 8.42 Å². The van der Waals surface area contributed by atoms with Gasteiger partial charge in [0.1, 0.15) is 11.8 Å². The Balaban J connectivity index is 2.33. The molecule has 0 heterocycles. The SMILES string of the molecule is CC[C@H](C(=O)Nc1ccc(OC)cc1)N(c1cccc(C)c1)S(C)(=O)=O. The van der Waals surface area contributed by atoms with Crippen molar-refractivity contribution in [3.8, 4) is 5.75 Å². The Bertz CT molecular complexity index is 863. The number of nitrogens with zero attached hydrogens (tertiary/aromatic N) is 1. The Morgan fingerprint density at radius 2 is 1.85 bits per heavy atom. The first-order valence-electron chi connectivity index (χ1n) is 8.27. The molecule has 140 valence electrons. The van der Waals surface area contributed by atoms with Crippen molar-refractivity contribution in [1.82, 2.24) is 0 Å². The van der Waals surface area contributed by atoms with Gasteiger partial charge in [0.15, 0.2) is 0 Å². The molecule has 0 aliphatic rings. The van der Waals surface area contributed by atoms with Crippen LogP contribution in [0.5, 0.6) is 5.75 Å².